The van der Waals surface area contributed by atoms with Gasteiger partial charge in [-0.2, -0.15) is 4.39 Å². The minimum atomic E-state index is -1.37. The Morgan fingerprint density at radius 2 is 2.28 bits per heavy atom. The molecule has 2 atom stereocenters. The fraction of sp³-hybridized carbons (Fsp3) is 0.364. The Labute approximate surface area is 102 Å². The number of hydrogen-bond donors (Lipinski definition) is 3. The van der Waals surface area contributed by atoms with Gasteiger partial charge in [0.2, 0.25) is 11.9 Å². The van der Waals surface area contributed by atoms with Gasteiger partial charge in [-0.15, -0.1) is 0 Å². The van der Waals surface area contributed by atoms with E-state index >= 15 is 0 Å². The van der Waals surface area contributed by atoms with Crippen LogP contribution in [0.2, 0.25) is 0 Å². The molecule has 1 aromatic heterocycles. The molecule has 18 heavy (non-hydrogen) atoms. The number of aldehydes is 1. The van der Waals surface area contributed by atoms with E-state index in [1.165, 1.54) is 6.92 Å². The molecule has 6 nitrogen and oxygen atoms in total. The average molecular weight is 256 g/mol. The number of rotatable bonds is 5. The van der Waals surface area contributed by atoms with Crippen LogP contribution in [0.25, 0.3) is 0 Å². The zero-order valence-electron chi connectivity index (χ0n) is 9.63. The summed E-state index contributed by atoms with van der Waals surface area (Å²) < 4.78 is 12.9. The lowest BCUT2D eigenvalue weighted by Gasteiger charge is -2.18. The van der Waals surface area contributed by atoms with Crippen LogP contribution < -0.4 is 5.32 Å². The van der Waals surface area contributed by atoms with Gasteiger partial charge < -0.3 is 15.5 Å². The summed E-state index contributed by atoms with van der Waals surface area (Å²) in [6.07, 6.45) is -1.37. The molecule has 1 rings (SSSR count). The number of aromatic nitrogens is 1. The molecule has 0 aliphatic heterocycles. The third-order valence-electron chi connectivity index (χ3n) is 2.28. The van der Waals surface area contributed by atoms with Crippen LogP contribution in [-0.2, 0) is 4.79 Å². The van der Waals surface area contributed by atoms with Crippen molar-refractivity contribution in [1.29, 1.82) is 0 Å². The molecule has 1 amide bonds. The number of aliphatic hydroxyl groups is 2. The molecule has 3 N–H and O–H groups in total. The Kier molecular flexibility index (Phi) is 4.87. The number of pyridine rings is 1. The van der Waals surface area contributed by atoms with Crippen molar-refractivity contribution in [3.63, 3.8) is 0 Å². The number of carbonyl (C=O) groups excluding carboxylic acids is 2. The molecule has 0 bridgehead atoms. The summed E-state index contributed by atoms with van der Waals surface area (Å²) in [7, 11) is 0. The minimum Gasteiger partial charge on any atom is -0.388 e. The highest BCUT2D eigenvalue weighted by Crippen LogP contribution is 2.17. The maximum atomic E-state index is 12.9. The quantitative estimate of drug-likeness (QED) is 0.490. The summed E-state index contributed by atoms with van der Waals surface area (Å²) in [5.74, 6) is -1.30. The van der Waals surface area contributed by atoms with Gasteiger partial charge in [0.05, 0.1) is 5.56 Å². The van der Waals surface area contributed by atoms with Crippen molar-refractivity contribution in [1.82, 2.24) is 10.3 Å². The monoisotopic (exact) mass is 256 g/mol. The van der Waals surface area contributed by atoms with Gasteiger partial charge in [-0.25, -0.2) is 4.98 Å². The Morgan fingerprint density at radius 3 is 2.83 bits per heavy atom. The zero-order valence-corrected chi connectivity index (χ0v) is 9.63. The van der Waals surface area contributed by atoms with E-state index in [1.807, 2.05) is 0 Å². The maximum Gasteiger partial charge on any atom is 0.223 e. The second kappa shape index (κ2) is 6.18. The smallest absolute Gasteiger partial charge is 0.223 e. The number of aliphatic hydroxyl groups excluding tert-OH is 2. The van der Waals surface area contributed by atoms with Crippen LogP contribution in [0, 0.1) is 5.95 Å². The molecule has 0 spiro atoms. The van der Waals surface area contributed by atoms with Gasteiger partial charge in [-0.3, -0.25) is 9.59 Å². The molecule has 0 radical (unpaired) electrons. The predicted molar refractivity (Wildman–Crippen MR) is 59.2 cm³/mol. The van der Waals surface area contributed by atoms with Crippen LogP contribution >= 0.6 is 0 Å². The molecule has 1 aromatic rings. The maximum absolute atomic E-state index is 12.9. The standard InChI is InChI=1S/C11H13FN2O4/c1-6(16)13-4-9(17)10(18)7-2-8(5-15)11(12)14-3-7/h2-3,5,9-10,17-18H,4H2,1H3,(H,13,16). The van der Waals surface area contributed by atoms with E-state index in [1.54, 1.807) is 0 Å². The molecule has 0 saturated heterocycles. The summed E-state index contributed by atoms with van der Waals surface area (Å²) in [6.45, 7) is 1.10. The zero-order chi connectivity index (χ0) is 13.7. The van der Waals surface area contributed by atoms with Crippen LogP contribution in [0.3, 0.4) is 0 Å². The first-order chi connectivity index (χ1) is 8.45. The van der Waals surface area contributed by atoms with E-state index < -0.39 is 18.2 Å². The van der Waals surface area contributed by atoms with Crippen LogP contribution in [-0.4, -0.2) is 40.0 Å². The van der Waals surface area contributed by atoms with Gasteiger partial charge in [0.15, 0.2) is 6.29 Å². The predicted octanol–water partition coefficient (Wildman–Crippen LogP) is -0.436. The van der Waals surface area contributed by atoms with E-state index in [0.29, 0.717) is 0 Å². The normalized spacial score (nSPS) is 13.8. The molecule has 98 valence electrons. The summed E-state index contributed by atoms with van der Waals surface area (Å²) >= 11 is 0. The van der Waals surface area contributed by atoms with Crippen molar-refractivity contribution < 1.29 is 24.2 Å². The van der Waals surface area contributed by atoms with Crippen molar-refractivity contribution in [2.24, 2.45) is 0 Å². The summed E-state index contributed by atoms with van der Waals surface area (Å²) in [5.41, 5.74) is -0.213. The third-order valence-corrected chi connectivity index (χ3v) is 2.28. The van der Waals surface area contributed by atoms with E-state index in [9.17, 15) is 24.2 Å². The van der Waals surface area contributed by atoms with E-state index in [0.717, 1.165) is 12.3 Å². The first-order valence-electron chi connectivity index (χ1n) is 5.17. The van der Waals surface area contributed by atoms with E-state index in [4.69, 9.17) is 0 Å². The highest BCUT2D eigenvalue weighted by Gasteiger charge is 2.20. The second-order valence-corrected chi connectivity index (χ2v) is 3.72. The molecule has 0 aromatic carbocycles. The Bertz CT molecular complexity index is 453. The number of amides is 1. The number of nitrogens with zero attached hydrogens (tertiary/aromatic N) is 1. The minimum absolute atomic E-state index is 0.0938. The lowest BCUT2D eigenvalue weighted by molar-refractivity contribution is -0.119. The Balaban J connectivity index is 2.79. The highest BCUT2D eigenvalue weighted by atomic mass is 19.1. The molecule has 0 aliphatic rings. The number of carbonyl (C=O) groups is 2. The topological polar surface area (TPSA) is 99.5 Å². The highest BCUT2D eigenvalue weighted by molar-refractivity contribution is 5.74. The number of nitrogens with one attached hydrogen (secondary N) is 1. The number of hydrogen-bond acceptors (Lipinski definition) is 5. The van der Waals surface area contributed by atoms with Crippen molar-refractivity contribution in [3.05, 3.63) is 29.3 Å². The van der Waals surface area contributed by atoms with Crippen LogP contribution in [0.5, 0.6) is 0 Å². The molecule has 0 aliphatic carbocycles. The number of halogens is 1. The molecule has 0 fully saturated rings. The van der Waals surface area contributed by atoms with Gasteiger partial charge in [0.25, 0.3) is 0 Å². The van der Waals surface area contributed by atoms with Crippen molar-refractivity contribution in [2.75, 3.05) is 6.54 Å². The van der Waals surface area contributed by atoms with Gasteiger partial charge in [-0.1, -0.05) is 0 Å². The summed E-state index contributed by atoms with van der Waals surface area (Å²) in [5, 5.41) is 21.6. The van der Waals surface area contributed by atoms with Crippen molar-refractivity contribution in [3.8, 4) is 0 Å². The van der Waals surface area contributed by atoms with Crippen molar-refractivity contribution in [2.45, 2.75) is 19.1 Å². The fourth-order valence-electron chi connectivity index (χ4n) is 1.31. The van der Waals surface area contributed by atoms with Gasteiger partial charge >= 0.3 is 0 Å². The first kappa shape index (κ1) is 14.2. The van der Waals surface area contributed by atoms with Crippen molar-refractivity contribution >= 4 is 12.2 Å². The average Bonchev–Trinajstić information content (AvgIpc) is 2.35. The largest absolute Gasteiger partial charge is 0.388 e. The Hall–Kier alpha value is -1.86. The van der Waals surface area contributed by atoms with Crippen LogP contribution in [0.4, 0.5) is 4.39 Å². The molecule has 7 heteroatoms. The first-order valence-corrected chi connectivity index (χ1v) is 5.17. The lowest BCUT2D eigenvalue weighted by Crippen LogP contribution is -2.34. The van der Waals surface area contributed by atoms with Gasteiger partial charge in [0.1, 0.15) is 12.2 Å². The Morgan fingerprint density at radius 1 is 1.61 bits per heavy atom. The molecule has 1 heterocycles. The SMILES string of the molecule is CC(=O)NCC(O)C(O)c1cnc(F)c(C=O)c1. The van der Waals surface area contributed by atoms with Gasteiger partial charge in [-0.05, 0) is 6.07 Å². The molecular weight excluding hydrogens is 243 g/mol. The van der Waals surface area contributed by atoms with Crippen LogP contribution in [0.15, 0.2) is 12.3 Å². The summed E-state index contributed by atoms with van der Waals surface area (Å²) in [4.78, 5) is 24.4. The van der Waals surface area contributed by atoms with Crippen LogP contribution in [0.1, 0.15) is 28.9 Å². The molecular formula is C11H13FN2O4. The third kappa shape index (κ3) is 3.57. The summed E-state index contributed by atoms with van der Waals surface area (Å²) in [6, 6.07) is 1.09. The second-order valence-electron chi connectivity index (χ2n) is 3.72. The lowest BCUT2D eigenvalue weighted by atomic mass is 10.0. The molecule has 2 unspecified atom stereocenters. The fourth-order valence-corrected chi connectivity index (χ4v) is 1.31. The van der Waals surface area contributed by atoms with E-state index in [2.05, 4.69) is 10.3 Å². The molecule has 0 saturated carbocycles. The van der Waals surface area contributed by atoms with Gasteiger partial charge in [0, 0.05) is 25.2 Å². The van der Waals surface area contributed by atoms with E-state index in [-0.39, 0.29) is 29.9 Å².